The van der Waals surface area contributed by atoms with Crippen LogP contribution in [0, 0.1) is 5.92 Å². The number of benzene rings is 1. The molecule has 0 N–H and O–H groups in total. The molecular weight excluding hydrogens is 298 g/mol. The highest BCUT2D eigenvalue weighted by Gasteiger charge is 2.35. The molecule has 0 aliphatic carbocycles. The van der Waals surface area contributed by atoms with Crippen LogP contribution in [-0.4, -0.2) is 35.3 Å². The number of hydrogen-bond acceptors (Lipinski definition) is 3. The number of nitrogens with zero attached hydrogens (tertiary/aromatic N) is 3. The van der Waals surface area contributed by atoms with E-state index in [4.69, 9.17) is 5.10 Å². The fraction of sp³-hybridized carbons (Fsp3) is 0.600. The summed E-state index contributed by atoms with van der Waals surface area (Å²) in [7, 11) is 0. The molecule has 4 heteroatoms. The van der Waals surface area contributed by atoms with Gasteiger partial charge in [-0.2, -0.15) is 5.10 Å². The zero-order chi connectivity index (χ0) is 17.3. The first-order valence-corrected chi connectivity index (χ1v) is 9.27. The van der Waals surface area contributed by atoms with Crippen molar-refractivity contribution in [2.45, 2.75) is 65.5 Å². The van der Waals surface area contributed by atoms with E-state index in [2.05, 4.69) is 32.7 Å². The van der Waals surface area contributed by atoms with Crippen molar-refractivity contribution in [2.75, 3.05) is 11.4 Å². The van der Waals surface area contributed by atoms with Gasteiger partial charge in [0.2, 0.25) is 0 Å². The lowest BCUT2D eigenvalue weighted by atomic mass is 10.00. The summed E-state index contributed by atoms with van der Waals surface area (Å²) in [5.74, 6) is 0.634. The van der Waals surface area contributed by atoms with E-state index < -0.39 is 0 Å². The second-order valence-corrected chi connectivity index (χ2v) is 7.61. The van der Waals surface area contributed by atoms with Crippen molar-refractivity contribution in [3.05, 3.63) is 29.8 Å². The number of anilines is 1. The highest BCUT2D eigenvalue weighted by Crippen LogP contribution is 2.31. The molecule has 0 spiro atoms. The predicted molar refractivity (Wildman–Crippen MR) is 99.4 cm³/mol. The number of carbonyl (C=O) groups is 1. The molecule has 1 fully saturated rings. The lowest BCUT2D eigenvalue weighted by Crippen LogP contribution is -2.41. The van der Waals surface area contributed by atoms with E-state index in [1.54, 1.807) is 0 Å². The molecule has 1 aromatic carbocycles. The topological polar surface area (TPSA) is 35.9 Å². The summed E-state index contributed by atoms with van der Waals surface area (Å²) in [4.78, 5) is 14.9. The van der Waals surface area contributed by atoms with Crippen LogP contribution in [0.25, 0.3) is 0 Å². The Morgan fingerprint density at radius 3 is 2.50 bits per heavy atom. The maximum atomic E-state index is 13.0. The van der Waals surface area contributed by atoms with E-state index in [0.29, 0.717) is 23.7 Å². The number of para-hydroxylation sites is 1. The molecule has 130 valence electrons. The second kappa shape index (κ2) is 6.96. The first-order chi connectivity index (χ1) is 11.5. The van der Waals surface area contributed by atoms with Crippen molar-refractivity contribution in [3.63, 3.8) is 0 Å². The third-order valence-corrected chi connectivity index (χ3v) is 5.19. The fourth-order valence-corrected chi connectivity index (χ4v) is 3.69. The zero-order valence-corrected chi connectivity index (χ0v) is 15.3. The maximum absolute atomic E-state index is 13.0. The third kappa shape index (κ3) is 3.19. The van der Waals surface area contributed by atoms with Crippen LogP contribution in [0.1, 0.15) is 58.9 Å². The molecule has 2 unspecified atom stereocenters. The van der Waals surface area contributed by atoms with Crippen molar-refractivity contribution in [3.8, 4) is 0 Å². The normalized spacial score (nSPS) is 25.7. The summed E-state index contributed by atoms with van der Waals surface area (Å²) < 4.78 is 0. The molecule has 4 nitrogen and oxygen atoms in total. The molecule has 0 aromatic heterocycles. The molecule has 0 radical (unpaired) electrons. The van der Waals surface area contributed by atoms with Crippen LogP contribution in [0.3, 0.4) is 0 Å². The van der Waals surface area contributed by atoms with Crippen LogP contribution >= 0.6 is 0 Å². The van der Waals surface area contributed by atoms with Crippen LogP contribution in [0.5, 0.6) is 0 Å². The van der Waals surface area contributed by atoms with Gasteiger partial charge in [0, 0.05) is 24.2 Å². The van der Waals surface area contributed by atoms with Crippen molar-refractivity contribution >= 4 is 17.3 Å². The van der Waals surface area contributed by atoms with Crippen molar-refractivity contribution < 1.29 is 4.79 Å². The Bertz CT molecular complexity index is 628. The summed E-state index contributed by atoms with van der Waals surface area (Å²) in [6.45, 7) is 9.57. The molecular formula is C20H29N3O. The molecule has 2 atom stereocenters. The van der Waals surface area contributed by atoms with E-state index in [-0.39, 0.29) is 5.91 Å². The summed E-state index contributed by atoms with van der Waals surface area (Å²) in [6, 6.07) is 8.86. The minimum atomic E-state index is 0.0572. The molecule has 0 saturated carbocycles. The minimum absolute atomic E-state index is 0.0572. The van der Waals surface area contributed by atoms with E-state index in [1.165, 1.54) is 6.42 Å². The lowest BCUT2D eigenvalue weighted by Gasteiger charge is -2.37. The number of rotatable bonds is 4. The Morgan fingerprint density at radius 2 is 1.83 bits per heavy atom. The Hall–Kier alpha value is -1.84. The molecule has 1 saturated heterocycles. The van der Waals surface area contributed by atoms with Gasteiger partial charge >= 0.3 is 0 Å². The number of piperidine rings is 1. The summed E-state index contributed by atoms with van der Waals surface area (Å²) in [5, 5.41) is 7.01. The Balaban J connectivity index is 1.93. The van der Waals surface area contributed by atoms with Gasteiger partial charge in [0.15, 0.2) is 5.71 Å². The molecule has 2 aliphatic rings. The number of fused-ring (bicyclic) bond motifs is 1. The molecule has 2 aliphatic heterocycles. The minimum Gasteiger partial charge on any atom is -0.306 e. The van der Waals surface area contributed by atoms with Crippen molar-refractivity contribution in [2.24, 2.45) is 11.0 Å². The van der Waals surface area contributed by atoms with Gasteiger partial charge in [0.25, 0.3) is 5.91 Å². The smallest absolute Gasteiger partial charge is 0.279 e. The monoisotopic (exact) mass is 327 g/mol. The van der Waals surface area contributed by atoms with Gasteiger partial charge in [-0.05, 0) is 51.5 Å². The van der Waals surface area contributed by atoms with Gasteiger partial charge in [0.1, 0.15) is 0 Å². The first-order valence-electron chi connectivity index (χ1n) is 9.27. The van der Waals surface area contributed by atoms with Crippen LogP contribution < -0.4 is 4.90 Å². The van der Waals surface area contributed by atoms with Crippen LogP contribution in [-0.2, 0) is 4.79 Å². The summed E-state index contributed by atoms with van der Waals surface area (Å²) in [5.41, 5.74) is 2.62. The predicted octanol–water partition coefficient (Wildman–Crippen LogP) is 4.05. The number of carbonyl (C=O) groups excluding carboxylic acids is 1. The van der Waals surface area contributed by atoms with E-state index in [0.717, 1.165) is 37.1 Å². The van der Waals surface area contributed by atoms with Crippen molar-refractivity contribution in [1.29, 1.82) is 0 Å². The quantitative estimate of drug-likeness (QED) is 0.836. The average Bonchev–Trinajstić information content (AvgIpc) is 2.81. The molecule has 2 heterocycles. The Morgan fingerprint density at radius 1 is 1.17 bits per heavy atom. The third-order valence-electron chi connectivity index (χ3n) is 5.19. The molecule has 1 aromatic rings. The maximum Gasteiger partial charge on any atom is 0.279 e. The molecule has 1 amide bonds. The first kappa shape index (κ1) is 17.0. The summed E-state index contributed by atoms with van der Waals surface area (Å²) >= 11 is 0. The highest BCUT2D eigenvalue weighted by atomic mass is 16.2. The number of amides is 1. The number of hydrogen-bond donors (Lipinski definition) is 0. The number of hydrazone groups is 1. The largest absolute Gasteiger partial charge is 0.306 e. The standard InChI is InChI=1S/C20H29N3O/c1-14(2)12-13-22-18-11-6-5-10-17(18)19(20(22)24)21-23-15(3)8-7-9-16(23)4/h5-6,10-11,14-16H,7-9,12-13H2,1-4H3. The van der Waals surface area contributed by atoms with Gasteiger partial charge in [-0.1, -0.05) is 32.0 Å². The van der Waals surface area contributed by atoms with Crippen LogP contribution in [0.15, 0.2) is 29.4 Å². The van der Waals surface area contributed by atoms with E-state index in [1.807, 2.05) is 29.2 Å². The van der Waals surface area contributed by atoms with Gasteiger partial charge in [-0.15, -0.1) is 0 Å². The average molecular weight is 327 g/mol. The van der Waals surface area contributed by atoms with Gasteiger partial charge in [-0.25, -0.2) is 0 Å². The van der Waals surface area contributed by atoms with Gasteiger partial charge in [0.05, 0.1) is 5.69 Å². The molecule has 24 heavy (non-hydrogen) atoms. The SMILES string of the molecule is CC(C)CCN1C(=O)C(=NN2C(C)CCCC2C)c2ccccc21. The Labute approximate surface area is 145 Å². The van der Waals surface area contributed by atoms with Crippen LogP contribution in [0.4, 0.5) is 5.69 Å². The lowest BCUT2D eigenvalue weighted by molar-refractivity contribution is -0.112. The summed E-state index contributed by atoms with van der Waals surface area (Å²) in [6.07, 6.45) is 4.54. The molecule has 3 rings (SSSR count). The Kier molecular flexibility index (Phi) is 4.93. The zero-order valence-electron chi connectivity index (χ0n) is 15.3. The van der Waals surface area contributed by atoms with Gasteiger partial charge < -0.3 is 4.90 Å². The highest BCUT2D eigenvalue weighted by molar-refractivity contribution is 6.54. The van der Waals surface area contributed by atoms with E-state index in [9.17, 15) is 4.79 Å². The van der Waals surface area contributed by atoms with Crippen LogP contribution in [0.2, 0.25) is 0 Å². The second-order valence-electron chi connectivity index (χ2n) is 7.61. The van der Waals surface area contributed by atoms with Crippen molar-refractivity contribution in [1.82, 2.24) is 5.01 Å². The van der Waals surface area contributed by atoms with Gasteiger partial charge in [-0.3, -0.25) is 9.80 Å². The molecule has 0 bridgehead atoms. The van der Waals surface area contributed by atoms with E-state index >= 15 is 0 Å². The fourth-order valence-electron chi connectivity index (χ4n) is 3.69.